The van der Waals surface area contributed by atoms with Crippen molar-refractivity contribution in [1.29, 1.82) is 0 Å². The molecule has 0 bridgehead atoms. The number of nitrogens with zero attached hydrogens (tertiary/aromatic N) is 1. The molecule has 0 aliphatic carbocycles. The third-order valence-electron chi connectivity index (χ3n) is 2.16. The number of halogens is 3. The second kappa shape index (κ2) is 5.59. The Morgan fingerprint density at radius 2 is 2.00 bits per heavy atom. The minimum absolute atomic E-state index is 0.0300. The van der Waals surface area contributed by atoms with Crippen molar-refractivity contribution in [3.8, 4) is 5.75 Å². The number of aryl methyl sites for hydroxylation is 1. The molecule has 1 aromatic rings. The Kier molecular flexibility index (Phi) is 4.36. The van der Waals surface area contributed by atoms with Gasteiger partial charge in [-0.3, -0.25) is 4.79 Å². The van der Waals surface area contributed by atoms with Gasteiger partial charge in [0.25, 0.3) is 5.91 Å². The first-order valence-electron chi connectivity index (χ1n) is 5.25. The number of hydrogen-bond acceptors (Lipinski definition) is 2. The van der Waals surface area contributed by atoms with Crippen molar-refractivity contribution >= 4 is 11.9 Å². The minimum atomic E-state index is -4.83. The van der Waals surface area contributed by atoms with E-state index in [-0.39, 0.29) is 5.56 Å². The second-order valence-electron chi connectivity index (χ2n) is 3.56. The minimum Gasteiger partial charge on any atom is -0.406 e. The highest BCUT2D eigenvalue weighted by Gasteiger charge is 2.31. The van der Waals surface area contributed by atoms with E-state index in [0.29, 0.717) is 12.0 Å². The lowest BCUT2D eigenvalue weighted by Gasteiger charge is -2.11. The molecule has 1 aromatic carbocycles. The first-order chi connectivity index (χ1) is 8.73. The molecule has 0 spiro atoms. The normalized spacial score (nSPS) is 10.9. The van der Waals surface area contributed by atoms with Crippen LogP contribution in [-0.2, 0) is 6.42 Å². The number of guanidine groups is 1. The first-order valence-corrected chi connectivity index (χ1v) is 5.25. The summed E-state index contributed by atoms with van der Waals surface area (Å²) in [6, 6.07) is 3.44. The van der Waals surface area contributed by atoms with E-state index >= 15 is 0 Å². The van der Waals surface area contributed by atoms with Crippen LogP contribution in [0.5, 0.6) is 5.75 Å². The van der Waals surface area contributed by atoms with Gasteiger partial charge < -0.3 is 16.2 Å². The quantitative estimate of drug-likeness (QED) is 0.647. The van der Waals surface area contributed by atoms with Crippen LogP contribution in [0.2, 0.25) is 0 Å². The predicted octanol–water partition coefficient (Wildman–Crippen LogP) is 1.56. The van der Waals surface area contributed by atoms with Gasteiger partial charge in [0.15, 0.2) is 5.96 Å². The largest absolute Gasteiger partial charge is 0.573 e. The molecule has 0 aromatic heterocycles. The summed E-state index contributed by atoms with van der Waals surface area (Å²) < 4.78 is 40.0. The highest BCUT2D eigenvalue weighted by atomic mass is 19.4. The summed E-state index contributed by atoms with van der Waals surface area (Å²) in [6.07, 6.45) is -4.39. The van der Waals surface area contributed by atoms with Crippen LogP contribution in [0.1, 0.15) is 22.8 Å². The van der Waals surface area contributed by atoms with Crippen LogP contribution in [0.15, 0.2) is 23.2 Å². The average Bonchev–Trinajstić information content (AvgIpc) is 2.25. The van der Waals surface area contributed by atoms with Gasteiger partial charge in [0, 0.05) is 5.56 Å². The summed E-state index contributed by atoms with van der Waals surface area (Å²) in [5.41, 5.74) is 10.6. The summed E-state index contributed by atoms with van der Waals surface area (Å²) in [5, 5.41) is 0. The molecule has 0 unspecified atom stereocenters. The number of carbonyl (C=O) groups excluding carboxylic acids is 1. The Balaban J connectivity index is 3.17. The Labute approximate surface area is 107 Å². The van der Waals surface area contributed by atoms with Gasteiger partial charge in [-0.1, -0.05) is 13.0 Å². The lowest BCUT2D eigenvalue weighted by molar-refractivity contribution is -0.274. The van der Waals surface area contributed by atoms with E-state index < -0.39 is 24.0 Å². The van der Waals surface area contributed by atoms with Crippen molar-refractivity contribution in [3.63, 3.8) is 0 Å². The first kappa shape index (κ1) is 14.8. The van der Waals surface area contributed by atoms with E-state index in [1.807, 2.05) is 0 Å². The van der Waals surface area contributed by atoms with E-state index in [9.17, 15) is 18.0 Å². The number of hydrogen-bond donors (Lipinski definition) is 2. The highest BCUT2D eigenvalue weighted by Crippen LogP contribution is 2.25. The Morgan fingerprint density at radius 1 is 1.37 bits per heavy atom. The zero-order valence-corrected chi connectivity index (χ0v) is 9.99. The average molecular weight is 275 g/mol. The molecule has 1 rings (SSSR count). The molecule has 0 saturated heterocycles. The van der Waals surface area contributed by atoms with E-state index in [1.54, 1.807) is 6.92 Å². The van der Waals surface area contributed by atoms with E-state index in [0.717, 1.165) is 12.1 Å². The molecule has 104 valence electrons. The third kappa shape index (κ3) is 4.49. The van der Waals surface area contributed by atoms with Crippen LogP contribution >= 0.6 is 0 Å². The van der Waals surface area contributed by atoms with Crippen molar-refractivity contribution in [3.05, 3.63) is 29.3 Å². The molecule has 0 atom stereocenters. The van der Waals surface area contributed by atoms with Gasteiger partial charge in [0.05, 0.1) is 0 Å². The maximum Gasteiger partial charge on any atom is 0.573 e. The molecule has 8 heteroatoms. The summed E-state index contributed by atoms with van der Waals surface area (Å²) in [4.78, 5) is 15.0. The lowest BCUT2D eigenvalue weighted by atomic mass is 10.0. The van der Waals surface area contributed by atoms with Crippen molar-refractivity contribution in [2.45, 2.75) is 19.7 Å². The van der Waals surface area contributed by atoms with Crippen molar-refractivity contribution in [1.82, 2.24) is 0 Å². The Hall–Kier alpha value is -2.25. The number of carbonyl (C=O) groups is 1. The monoisotopic (exact) mass is 275 g/mol. The van der Waals surface area contributed by atoms with Crippen molar-refractivity contribution in [2.24, 2.45) is 16.5 Å². The fraction of sp³-hybridized carbons (Fsp3) is 0.273. The van der Waals surface area contributed by atoms with Crippen LogP contribution in [0.3, 0.4) is 0 Å². The number of nitrogens with two attached hydrogens (primary N) is 2. The molecule has 4 N–H and O–H groups in total. The molecule has 0 fully saturated rings. The number of rotatable bonds is 3. The topological polar surface area (TPSA) is 90.7 Å². The molecular formula is C11H12F3N3O2. The van der Waals surface area contributed by atoms with Gasteiger partial charge in [0.1, 0.15) is 5.75 Å². The lowest BCUT2D eigenvalue weighted by Crippen LogP contribution is -2.24. The number of alkyl halides is 3. The summed E-state index contributed by atoms with van der Waals surface area (Å²) in [7, 11) is 0. The SMILES string of the molecule is CCc1ccc(OC(F)(F)F)cc1C(=O)N=C(N)N. The molecule has 5 nitrogen and oxygen atoms in total. The Morgan fingerprint density at radius 3 is 2.47 bits per heavy atom. The molecule has 1 amide bonds. The number of aliphatic imine (C=N–C) groups is 1. The van der Waals surface area contributed by atoms with Gasteiger partial charge in [-0.2, -0.15) is 4.99 Å². The van der Waals surface area contributed by atoms with Crippen LogP contribution in [0.4, 0.5) is 13.2 Å². The van der Waals surface area contributed by atoms with Crippen LogP contribution in [0, 0.1) is 0 Å². The predicted molar refractivity (Wildman–Crippen MR) is 62.6 cm³/mol. The maximum absolute atomic E-state index is 12.1. The van der Waals surface area contributed by atoms with Gasteiger partial charge in [-0.05, 0) is 24.1 Å². The fourth-order valence-corrected chi connectivity index (χ4v) is 1.44. The van der Waals surface area contributed by atoms with Crippen LogP contribution < -0.4 is 16.2 Å². The highest BCUT2D eigenvalue weighted by molar-refractivity contribution is 6.03. The summed E-state index contributed by atoms with van der Waals surface area (Å²) in [5.74, 6) is -1.78. The van der Waals surface area contributed by atoms with E-state index in [4.69, 9.17) is 11.5 Å². The van der Waals surface area contributed by atoms with Gasteiger partial charge in [0.2, 0.25) is 0 Å². The number of ether oxygens (including phenoxy) is 1. The zero-order valence-electron chi connectivity index (χ0n) is 9.99. The molecular weight excluding hydrogens is 263 g/mol. The van der Waals surface area contributed by atoms with Crippen molar-refractivity contribution in [2.75, 3.05) is 0 Å². The second-order valence-corrected chi connectivity index (χ2v) is 3.56. The van der Waals surface area contributed by atoms with Crippen molar-refractivity contribution < 1.29 is 22.7 Å². The molecule has 0 aliphatic heterocycles. The summed E-state index contributed by atoms with van der Waals surface area (Å²) >= 11 is 0. The molecule has 0 aliphatic rings. The number of benzene rings is 1. The maximum atomic E-state index is 12.1. The summed E-state index contributed by atoms with van der Waals surface area (Å²) in [6.45, 7) is 1.74. The fourth-order valence-electron chi connectivity index (χ4n) is 1.44. The molecule has 19 heavy (non-hydrogen) atoms. The zero-order chi connectivity index (χ0) is 14.6. The van der Waals surface area contributed by atoms with E-state index in [1.165, 1.54) is 6.07 Å². The van der Waals surface area contributed by atoms with Gasteiger partial charge in [-0.15, -0.1) is 13.2 Å². The molecule has 0 saturated carbocycles. The van der Waals surface area contributed by atoms with Crippen LogP contribution in [0.25, 0.3) is 0 Å². The molecule has 0 radical (unpaired) electrons. The smallest absolute Gasteiger partial charge is 0.406 e. The Bertz CT molecular complexity index is 508. The molecule has 0 heterocycles. The van der Waals surface area contributed by atoms with Crippen LogP contribution in [-0.4, -0.2) is 18.2 Å². The third-order valence-corrected chi connectivity index (χ3v) is 2.16. The number of amides is 1. The van der Waals surface area contributed by atoms with E-state index in [2.05, 4.69) is 9.73 Å². The van der Waals surface area contributed by atoms with Gasteiger partial charge >= 0.3 is 6.36 Å². The standard InChI is InChI=1S/C11H12F3N3O2/c1-2-6-3-4-7(19-11(12,13)14)5-8(6)9(18)17-10(15)16/h3-5H,2H2,1H3,(H4,15,16,17,18). The van der Waals surface area contributed by atoms with Gasteiger partial charge in [-0.25, -0.2) is 0 Å².